The molecule has 1 aromatic heterocycles. The second-order valence-corrected chi connectivity index (χ2v) is 6.42. The van der Waals surface area contributed by atoms with Gasteiger partial charge in [0.1, 0.15) is 5.58 Å². The molecule has 3 aromatic rings. The molecule has 1 N–H and O–H groups in total. The van der Waals surface area contributed by atoms with Crippen LogP contribution in [0.1, 0.15) is 34.8 Å². The molecule has 0 unspecified atom stereocenters. The molecule has 0 aliphatic heterocycles. The van der Waals surface area contributed by atoms with E-state index in [1.54, 1.807) is 24.3 Å². The van der Waals surface area contributed by atoms with Crippen molar-refractivity contribution in [2.45, 2.75) is 26.3 Å². The summed E-state index contributed by atoms with van der Waals surface area (Å²) in [6, 6.07) is 12.2. The van der Waals surface area contributed by atoms with Gasteiger partial charge in [0, 0.05) is 23.6 Å². The minimum atomic E-state index is -0.439. The number of hydrogen-bond acceptors (Lipinski definition) is 5. The number of aryl methyl sites for hydroxylation is 1. The number of ether oxygens (including phenoxy) is 2. The highest BCUT2D eigenvalue weighted by molar-refractivity contribution is 5.95. The fourth-order valence-corrected chi connectivity index (χ4v) is 3.12. The van der Waals surface area contributed by atoms with Crippen LogP contribution in [0, 0.1) is 0 Å². The Hall–Kier alpha value is -3.28. The van der Waals surface area contributed by atoms with Gasteiger partial charge in [-0.1, -0.05) is 19.4 Å². The number of methoxy groups -OCH3 is 2. The second-order valence-electron chi connectivity index (χ2n) is 6.42. The van der Waals surface area contributed by atoms with Crippen molar-refractivity contribution in [1.82, 2.24) is 5.32 Å². The molecule has 6 nitrogen and oxygen atoms in total. The Balaban J connectivity index is 1.85. The largest absolute Gasteiger partial charge is 0.493 e. The monoisotopic (exact) mass is 381 g/mol. The summed E-state index contributed by atoms with van der Waals surface area (Å²) in [5.41, 5.74) is 2.40. The Labute approximate surface area is 163 Å². The number of fused-ring (bicyclic) bond motifs is 1. The van der Waals surface area contributed by atoms with Gasteiger partial charge in [-0.3, -0.25) is 4.79 Å². The van der Waals surface area contributed by atoms with Crippen molar-refractivity contribution in [2.75, 3.05) is 14.2 Å². The first-order chi connectivity index (χ1) is 13.5. The lowest BCUT2D eigenvalue weighted by molar-refractivity contribution is 0.0950. The number of carbonyl (C=O) groups is 1. The van der Waals surface area contributed by atoms with E-state index in [-0.39, 0.29) is 12.5 Å². The van der Waals surface area contributed by atoms with Crippen LogP contribution in [0.2, 0.25) is 0 Å². The zero-order valence-corrected chi connectivity index (χ0v) is 16.2. The van der Waals surface area contributed by atoms with Gasteiger partial charge >= 0.3 is 5.63 Å². The molecule has 28 heavy (non-hydrogen) atoms. The maximum absolute atomic E-state index is 12.6. The van der Waals surface area contributed by atoms with Crippen molar-refractivity contribution in [2.24, 2.45) is 0 Å². The van der Waals surface area contributed by atoms with Gasteiger partial charge in [-0.15, -0.1) is 0 Å². The first-order valence-corrected chi connectivity index (χ1v) is 9.11. The third-order valence-corrected chi connectivity index (χ3v) is 4.52. The Morgan fingerprint density at radius 1 is 1.04 bits per heavy atom. The van der Waals surface area contributed by atoms with E-state index in [4.69, 9.17) is 13.9 Å². The van der Waals surface area contributed by atoms with Gasteiger partial charge in [-0.25, -0.2) is 4.79 Å². The van der Waals surface area contributed by atoms with E-state index in [1.807, 2.05) is 12.1 Å². The lowest BCUT2D eigenvalue weighted by Crippen LogP contribution is -2.23. The molecule has 0 aliphatic carbocycles. The summed E-state index contributed by atoms with van der Waals surface area (Å²) < 4.78 is 15.7. The van der Waals surface area contributed by atoms with Gasteiger partial charge in [0.25, 0.3) is 5.91 Å². The first-order valence-electron chi connectivity index (χ1n) is 9.11. The molecule has 0 aliphatic rings. The van der Waals surface area contributed by atoms with Crippen LogP contribution in [0.3, 0.4) is 0 Å². The molecule has 6 heteroatoms. The molecule has 0 radical (unpaired) electrons. The topological polar surface area (TPSA) is 77.8 Å². The fourth-order valence-electron chi connectivity index (χ4n) is 3.12. The molecule has 0 spiro atoms. The second kappa shape index (κ2) is 8.61. The Morgan fingerprint density at radius 2 is 1.82 bits per heavy atom. The lowest BCUT2D eigenvalue weighted by Gasteiger charge is -2.11. The predicted octanol–water partition coefficient (Wildman–Crippen LogP) is 3.69. The number of benzene rings is 2. The summed E-state index contributed by atoms with van der Waals surface area (Å²) in [6.45, 7) is 2.32. The third kappa shape index (κ3) is 4.17. The quantitative estimate of drug-likeness (QED) is 0.632. The molecule has 146 valence electrons. The van der Waals surface area contributed by atoms with E-state index >= 15 is 0 Å². The summed E-state index contributed by atoms with van der Waals surface area (Å²) in [5.74, 6) is 0.756. The average molecular weight is 381 g/mol. The van der Waals surface area contributed by atoms with E-state index in [9.17, 15) is 9.59 Å². The van der Waals surface area contributed by atoms with Gasteiger partial charge in [0.05, 0.1) is 14.2 Å². The van der Waals surface area contributed by atoms with E-state index in [2.05, 4.69) is 12.2 Å². The summed E-state index contributed by atoms with van der Waals surface area (Å²) in [5, 5.41) is 3.69. The van der Waals surface area contributed by atoms with Crippen LogP contribution in [-0.4, -0.2) is 20.1 Å². The van der Waals surface area contributed by atoms with Crippen molar-refractivity contribution in [1.29, 1.82) is 0 Å². The van der Waals surface area contributed by atoms with E-state index < -0.39 is 5.63 Å². The van der Waals surface area contributed by atoms with Crippen molar-refractivity contribution in [3.63, 3.8) is 0 Å². The minimum Gasteiger partial charge on any atom is -0.493 e. The maximum Gasteiger partial charge on any atom is 0.336 e. The minimum absolute atomic E-state index is 0.213. The summed E-state index contributed by atoms with van der Waals surface area (Å²) in [4.78, 5) is 24.4. The molecule has 2 aromatic carbocycles. The van der Waals surface area contributed by atoms with E-state index in [1.165, 1.54) is 20.3 Å². The van der Waals surface area contributed by atoms with Crippen molar-refractivity contribution in [3.8, 4) is 11.5 Å². The normalized spacial score (nSPS) is 10.7. The average Bonchev–Trinajstić information content (AvgIpc) is 2.71. The Bertz CT molecular complexity index is 1050. The molecule has 0 saturated carbocycles. The lowest BCUT2D eigenvalue weighted by atomic mass is 10.0. The molecule has 0 saturated heterocycles. The number of hydrogen-bond donors (Lipinski definition) is 1. The molecule has 0 fully saturated rings. The van der Waals surface area contributed by atoms with Crippen LogP contribution in [0.4, 0.5) is 0 Å². The highest BCUT2D eigenvalue weighted by Gasteiger charge is 2.12. The van der Waals surface area contributed by atoms with E-state index in [0.29, 0.717) is 22.6 Å². The van der Waals surface area contributed by atoms with Crippen LogP contribution in [0.25, 0.3) is 11.0 Å². The zero-order valence-electron chi connectivity index (χ0n) is 16.2. The van der Waals surface area contributed by atoms with Gasteiger partial charge < -0.3 is 19.2 Å². The summed E-state index contributed by atoms with van der Waals surface area (Å²) >= 11 is 0. The highest BCUT2D eigenvalue weighted by Crippen LogP contribution is 2.27. The van der Waals surface area contributed by atoms with Crippen LogP contribution >= 0.6 is 0 Å². The van der Waals surface area contributed by atoms with E-state index in [0.717, 1.165) is 29.4 Å². The third-order valence-electron chi connectivity index (χ3n) is 4.52. The highest BCUT2D eigenvalue weighted by atomic mass is 16.5. The smallest absolute Gasteiger partial charge is 0.336 e. The van der Waals surface area contributed by atoms with Crippen LogP contribution < -0.4 is 20.4 Å². The first kappa shape index (κ1) is 19.5. The number of rotatable bonds is 7. The Morgan fingerprint density at radius 3 is 2.54 bits per heavy atom. The molecule has 0 atom stereocenters. The molecule has 1 amide bonds. The standard InChI is InChI=1S/C22H23NO5/c1-4-5-14-6-8-18-17(10-14)16(12-21(24)28-18)13-23-22(25)15-7-9-19(26-2)20(11-15)27-3/h6-12H,4-5,13H2,1-3H3,(H,23,25). The van der Waals surface area contributed by atoms with Crippen LogP contribution in [-0.2, 0) is 13.0 Å². The summed E-state index contributed by atoms with van der Waals surface area (Å²) in [6.07, 6.45) is 1.96. The van der Waals surface area contributed by atoms with Gasteiger partial charge in [-0.2, -0.15) is 0 Å². The van der Waals surface area contributed by atoms with Gasteiger partial charge in [0.2, 0.25) is 0 Å². The van der Waals surface area contributed by atoms with Crippen molar-refractivity contribution < 1.29 is 18.7 Å². The SMILES string of the molecule is CCCc1ccc2oc(=O)cc(CNC(=O)c3ccc(OC)c(OC)c3)c2c1. The fraction of sp³-hybridized carbons (Fsp3) is 0.273. The van der Waals surface area contributed by atoms with Gasteiger partial charge in [0.15, 0.2) is 11.5 Å². The number of amides is 1. The van der Waals surface area contributed by atoms with Crippen molar-refractivity contribution >= 4 is 16.9 Å². The molecular weight excluding hydrogens is 358 g/mol. The number of carbonyl (C=O) groups excluding carboxylic acids is 1. The van der Waals surface area contributed by atoms with Gasteiger partial charge in [-0.05, 0) is 47.9 Å². The Kier molecular flexibility index (Phi) is 5.99. The molecule has 3 rings (SSSR count). The van der Waals surface area contributed by atoms with Crippen LogP contribution in [0.15, 0.2) is 51.7 Å². The molecule has 1 heterocycles. The van der Waals surface area contributed by atoms with Crippen LogP contribution in [0.5, 0.6) is 11.5 Å². The zero-order chi connectivity index (χ0) is 20.1. The van der Waals surface area contributed by atoms with Crippen molar-refractivity contribution in [3.05, 3.63) is 69.6 Å². The number of nitrogens with one attached hydrogen (secondary N) is 1. The molecule has 0 bridgehead atoms. The molecular formula is C22H23NO5. The predicted molar refractivity (Wildman–Crippen MR) is 107 cm³/mol. The maximum atomic E-state index is 12.6. The summed E-state index contributed by atoms with van der Waals surface area (Å²) in [7, 11) is 3.05.